The number of carbonyl (C=O) groups is 1. The lowest BCUT2D eigenvalue weighted by molar-refractivity contribution is -0.127. The molecule has 8 nitrogen and oxygen atoms in total. The van der Waals surface area contributed by atoms with Crippen LogP contribution in [0.4, 0.5) is 0 Å². The summed E-state index contributed by atoms with van der Waals surface area (Å²) in [6.45, 7) is 12.5. The molecule has 0 radical (unpaired) electrons. The number of guanidine groups is 1. The minimum Gasteiger partial charge on any atom is -0.379 e. The average Bonchev–Trinajstić information content (AvgIpc) is 2.70. The predicted octanol–water partition coefficient (Wildman–Crippen LogP) is 0.823. The van der Waals surface area contributed by atoms with Crippen LogP contribution in [-0.2, 0) is 9.53 Å². The van der Waals surface area contributed by atoms with Gasteiger partial charge in [-0.25, -0.2) is 4.99 Å². The van der Waals surface area contributed by atoms with Crippen molar-refractivity contribution in [1.82, 2.24) is 25.3 Å². The molecule has 2 heterocycles. The summed E-state index contributed by atoms with van der Waals surface area (Å²) in [6, 6.07) is 1.01. The molecule has 0 bridgehead atoms. The van der Waals surface area contributed by atoms with Crippen LogP contribution in [0.5, 0.6) is 0 Å². The van der Waals surface area contributed by atoms with Gasteiger partial charge in [-0.05, 0) is 39.7 Å². The Hall–Kier alpha value is -0.650. The van der Waals surface area contributed by atoms with Gasteiger partial charge in [-0.15, -0.1) is 24.0 Å². The lowest BCUT2D eigenvalue weighted by Gasteiger charge is -2.35. The highest BCUT2D eigenvalue weighted by Crippen LogP contribution is 2.12. The quantitative estimate of drug-likeness (QED) is 0.212. The van der Waals surface area contributed by atoms with Gasteiger partial charge < -0.3 is 25.2 Å². The third kappa shape index (κ3) is 10.3. The Labute approximate surface area is 193 Å². The molecule has 0 saturated carbocycles. The molecule has 0 aromatic carbocycles. The largest absolute Gasteiger partial charge is 0.379 e. The van der Waals surface area contributed by atoms with E-state index in [9.17, 15) is 4.79 Å². The molecule has 2 rings (SSSR count). The van der Waals surface area contributed by atoms with Crippen LogP contribution >= 0.6 is 24.0 Å². The molecule has 0 aliphatic carbocycles. The monoisotopic (exact) mass is 524 g/mol. The number of morpholine rings is 1. The van der Waals surface area contributed by atoms with Gasteiger partial charge in [0, 0.05) is 58.9 Å². The van der Waals surface area contributed by atoms with Crippen molar-refractivity contribution in [2.24, 2.45) is 4.99 Å². The predicted molar refractivity (Wildman–Crippen MR) is 129 cm³/mol. The summed E-state index contributed by atoms with van der Waals surface area (Å²) in [5.74, 6) is 0.782. The molecule has 0 atom stereocenters. The summed E-state index contributed by atoms with van der Waals surface area (Å²) in [7, 11) is 3.53. The number of hydrogen-bond acceptors (Lipinski definition) is 5. The summed E-state index contributed by atoms with van der Waals surface area (Å²) >= 11 is 0. The Morgan fingerprint density at radius 3 is 2.41 bits per heavy atom. The van der Waals surface area contributed by atoms with Gasteiger partial charge in [-0.2, -0.15) is 0 Å². The number of nitrogens with zero attached hydrogens (tertiary/aromatic N) is 4. The van der Waals surface area contributed by atoms with Gasteiger partial charge in [-0.1, -0.05) is 0 Å². The van der Waals surface area contributed by atoms with E-state index >= 15 is 0 Å². The van der Waals surface area contributed by atoms with E-state index < -0.39 is 0 Å². The third-order valence-corrected chi connectivity index (χ3v) is 5.52. The molecule has 2 N–H and O–H groups in total. The fourth-order valence-corrected chi connectivity index (χ4v) is 3.53. The molecule has 9 heteroatoms. The molecule has 2 aliphatic heterocycles. The van der Waals surface area contributed by atoms with Gasteiger partial charge in [0.1, 0.15) is 6.54 Å². The Morgan fingerprint density at radius 2 is 1.83 bits per heavy atom. The van der Waals surface area contributed by atoms with E-state index in [0.29, 0.717) is 12.1 Å². The van der Waals surface area contributed by atoms with Gasteiger partial charge in [-0.3, -0.25) is 9.69 Å². The van der Waals surface area contributed by atoms with Crippen molar-refractivity contribution < 1.29 is 9.53 Å². The number of likely N-dealkylation sites (tertiary alicyclic amines) is 1. The van der Waals surface area contributed by atoms with Gasteiger partial charge >= 0.3 is 0 Å². The van der Waals surface area contributed by atoms with Crippen molar-refractivity contribution in [1.29, 1.82) is 0 Å². The maximum atomic E-state index is 11.9. The standard InChI is InChI=1S/C20H40N6O2.HI/c1-17(2)26-10-6-18(7-11-26)23-20(22-16-19(27)24(3)4)21-8-5-9-25-12-14-28-15-13-25;/h17-18H,5-16H2,1-4H3,(H2,21,22,23);1H. The highest BCUT2D eigenvalue weighted by molar-refractivity contribution is 14.0. The molecule has 2 fully saturated rings. The number of amides is 1. The van der Waals surface area contributed by atoms with Crippen LogP contribution < -0.4 is 10.6 Å². The highest BCUT2D eigenvalue weighted by Gasteiger charge is 2.21. The molecule has 0 aromatic heterocycles. The Kier molecular flexibility index (Phi) is 13.1. The molecule has 1 amide bonds. The zero-order valence-electron chi connectivity index (χ0n) is 18.7. The molecule has 0 spiro atoms. The minimum atomic E-state index is 0. The second-order valence-electron chi connectivity index (χ2n) is 8.24. The van der Waals surface area contributed by atoms with Crippen molar-refractivity contribution in [3.05, 3.63) is 0 Å². The van der Waals surface area contributed by atoms with Crippen molar-refractivity contribution in [3.63, 3.8) is 0 Å². The van der Waals surface area contributed by atoms with Gasteiger partial charge in [0.2, 0.25) is 5.91 Å². The summed E-state index contributed by atoms with van der Waals surface area (Å²) < 4.78 is 5.40. The minimum absolute atomic E-state index is 0. The first-order chi connectivity index (χ1) is 13.5. The molecular formula is C20H41IN6O2. The lowest BCUT2D eigenvalue weighted by Crippen LogP contribution is -2.50. The van der Waals surface area contributed by atoms with E-state index in [1.54, 1.807) is 19.0 Å². The molecule has 2 saturated heterocycles. The Balaban J connectivity index is 0.00000420. The van der Waals surface area contributed by atoms with E-state index in [1.807, 2.05) is 0 Å². The maximum Gasteiger partial charge on any atom is 0.243 e. The summed E-state index contributed by atoms with van der Waals surface area (Å²) in [5, 5.41) is 6.99. The van der Waals surface area contributed by atoms with E-state index in [-0.39, 0.29) is 36.4 Å². The molecule has 0 aromatic rings. The molecule has 2 aliphatic rings. The van der Waals surface area contributed by atoms with Crippen molar-refractivity contribution in [2.45, 2.75) is 45.2 Å². The summed E-state index contributed by atoms with van der Waals surface area (Å²) in [6.07, 6.45) is 3.26. The zero-order chi connectivity index (χ0) is 20.4. The number of rotatable bonds is 8. The van der Waals surface area contributed by atoms with Crippen LogP contribution in [0.2, 0.25) is 0 Å². The number of aliphatic imine (C=N–C) groups is 1. The lowest BCUT2D eigenvalue weighted by atomic mass is 10.0. The molecule has 29 heavy (non-hydrogen) atoms. The first kappa shape index (κ1) is 26.4. The van der Waals surface area contributed by atoms with Crippen LogP contribution in [0.25, 0.3) is 0 Å². The Bertz CT molecular complexity index is 489. The van der Waals surface area contributed by atoms with Crippen LogP contribution in [0.1, 0.15) is 33.1 Å². The van der Waals surface area contributed by atoms with Gasteiger partial charge in [0.05, 0.1) is 13.2 Å². The SMILES string of the molecule is CC(C)N1CCC(NC(=NCC(=O)N(C)C)NCCCN2CCOCC2)CC1.I. The van der Waals surface area contributed by atoms with E-state index in [2.05, 4.69) is 39.3 Å². The number of ether oxygens (including phenoxy) is 1. The second kappa shape index (κ2) is 14.4. The number of halogens is 1. The molecular weight excluding hydrogens is 483 g/mol. The fraction of sp³-hybridized carbons (Fsp3) is 0.900. The number of nitrogens with one attached hydrogen (secondary N) is 2. The third-order valence-electron chi connectivity index (χ3n) is 5.52. The number of carbonyl (C=O) groups excluding carboxylic acids is 1. The molecule has 170 valence electrons. The summed E-state index contributed by atoms with van der Waals surface area (Å²) in [4.78, 5) is 23.0. The highest BCUT2D eigenvalue weighted by atomic mass is 127. The Morgan fingerprint density at radius 1 is 1.17 bits per heavy atom. The van der Waals surface area contributed by atoms with E-state index in [4.69, 9.17) is 4.74 Å². The van der Waals surface area contributed by atoms with E-state index in [1.165, 1.54) is 0 Å². The topological polar surface area (TPSA) is 72.4 Å². The van der Waals surface area contributed by atoms with Crippen LogP contribution in [0, 0.1) is 0 Å². The number of piperidine rings is 1. The smallest absolute Gasteiger partial charge is 0.243 e. The number of hydrogen-bond donors (Lipinski definition) is 2. The maximum absolute atomic E-state index is 11.9. The fourth-order valence-electron chi connectivity index (χ4n) is 3.53. The number of likely N-dealkylation sites (N-methyl/N-ethyl adjacent to an activating group) is 1. The normalized spacial score (nSPS) is 19.7. The van der Waals surface area contributed by atoms with E-state index in [0.717, 1.165) is 77.7 Å². The first-order valence-corrected chi connectivity index (χ1v) is 10.7. The zero-order valence-corrected chi connectivity index (χ0v) is 21.0. The van der Waals surface area contributed by atoms with Crippen LogP contribution in [-0.4, -0.2) is 112 Å². The van der Waals surface area contributed by atoms with Crippen molar-refractivity contribution in [2.75, 3.05) is 73.1 Å². The first-order valence-electron chi connectivity index (χ1n) is 10.7. The van der Waals surface area contributed by atoms with Gasteiger partial charge in [0.15, 0.2) is 5.96 Å². The molecule has 0 unspecified atom stereocenters. The summed E-state index contributed by atoms with van der Waals surface area (Å²) in [5.41, 5.74) is 0. The average molecular weight is 524 g/mol. The van der Waals surface area contributed by atoms with Crippen LogP contribution in [0.3, 0.4) is 0 Å². The van der Waals surface area contributed by atoms with Crippen molar-refractivity contribution >= 4 is 35.8 Å². The van der Waals surface area contributed by atoms with Crippen molar-refractivity contribution in [3.8, 4) is 0 Å². The van der Waals surface area contributed by atoms with Gasteiger partial charge in [0.25, 0.3) is 0 Å². The second-order valence-corrected chi connectivity index (χ2v) is 8.24. The van der Waals surface area contributed by atoms with Crippen LogP contribution in [0.15, 0.2) is 4.99 Å².